The van der Waals surface area contributed by atoms with Crippen molar-refractivity contribution < 1.29 is 4.79 Å². The lowest BCUT2D eigenvalue weighted by atomic mass is 10.1. The fourth-order valence-electron chi connectivity index (χ4n) is 2.42. The van der Waals surface area contributed by atoms with Crippen molar-refractivity contribution in [3.8, 4) is 0 Å². The lowest BCUT2D eigenvalue weighted by molar-refractivity contribution is 0.169. The standard InChI is InChI=1S/C19H21N3OS/c1-19(2,3)21-14-24-17(20-15-10-6-4-7-11-15)22(18(21)23)16-12-8-5-9-13-16/h4-13H,14H2,1-3H3/b20-17-. The summed E-state index contributed by atoms with van der Waals surface area (Å²) in [6.45, 7) is 6.15. The van der Waals surface area contributed by atoms with E-state index in [0.717, 1.165) is 11.4 Å². The van der Waals surface area contributed by atoms with E-state index in [1.807, 2.05) is 86.3 Å². The molecule has 124 valence electrons. The van der Waals surface area contributed by atoms with Crippen molar-refractivity contribution in [2.45, 2.75) is 26.3 Å². The van der Waals surface area contributed by atoms with Crippen LogP contribution in [0.5, 0.6) is 0 Å². The average Bonchev–Trinajstić information content (AvgIpc) is 2.55. The number of carbonyl (C=O) groups excluding carboxylic acids is 1. The number of amides is 2. The normalized spacial score (nSPS) is 17.5. The van der Waals surface area contributed by atoms with Gasteiger partial charge in [0.1, 0.15) is 0 Å². The van der Waals surface area contributed by atoms with E-state index in [1.54, 1.807) is 16.7 Å². The van der Waals surface area contributed by atoms with Gasteiger partial charge < -0.3 is 4.90 Å². The van der Waals surface area contributed by atoms with Crippen LogP contribution < -0.4 is 4.90 Å². The molecule has 0 N–H and O–H groups in total. The molecule has 2 aromatic rings. The van der Waals surface area contributed by atoms with E-state index < -0.39 is 0 Å². The predicted octanol–water partition coefficient (Wildman–Crippen LogP) is 5.11. The van der Waals surface area contributed by atoms with Gasteiger partial charge in [0.15, 0.2) is 5.17 Å². The molecule has 0 atom stereocenters. The molecular weight excluding hydrogens is 318 g/mol. The van der Waals surface area contributed by atoms with Crippen molar-refractivity contribution in [2.24, 2.45) is 4.99 Å². The highest BCUT2D eigenvalue weighted by molar-refractivity contribution is 8.14. The van der Waals surface area contributed by atoms with E-state index in [4.69, 9.17) is 4.99 Å². The van der Waals surface area contributed by atoms with Crippen LogP contribution in [0.2, 0.25) is 0 Å². The van der Waals surface area contributed by atoms with Crippen LogP contribution in [0.4, 0.5) is 16.2 Å². The van der Waals surface area contributed by atoms with Gasteiger partial charge in [-0.05, 0) is 45.0 Å². The molecule has 4 nitrogen and oxygen atoms in total. The van der Waals surface area contributed by atoms with Crippen LogP contribution >= 0.6 is 11.8 Å². The number of amidine groups is 1. The smallest absolute Gasteiger partial charge is 0.309 e. The molecule has 0 unspecified atom stereocenters. The van der Waals surface area contributed by atoms with Crippen LogP contribution in [0.1, 0.15) is 20.8 Å². The topological polar surface area (TPSA) is 35.9 Å². The Labute approximate surface area is 147 Å². The summed E-state index contributed by atoms with van der Waals surface area (Å²) in [6, 6.07) is 19.4. The Bertz CT molecular complexity index is 738. The Kier molecular flexibility index (Phi) is 4.62. The lowest BCUT2D eigenvalue weighted by Crippen LogP contribution is -2.56. The van der Waals surface area contributed by atoms with Gasteiger partial charge in [-0.15, -0.1) is 0 Å². The summed E-state index contributed by atoms with van der Waals surface area (Å²) in [6.07, 6.45) is 0. The summed E-state index contributed by atoms with van der Waals surface area (Å²) in [7, 11) is 0. The number of para-hydroxylation sites is 2. The lowest BCUT2D eigenvalue weighted by Gasteiger charge is -2.42. The summed E-state index contributed by atoms with van der Waals surface area (Å²) >= 11 is 1.58. The first-order valence-electron chi connectivity index (χ1n) is 7.90. The van der Waals surface area contributed by atoms with Gasteiger partial charge in [0, 0.05) is 5.54 Å². The van der Waals surface area contributed by atoms with Gasteiger partial charge in [0.25, 0.3) is 0 Å². The fraction of sp³-hybridized carbons (Fsp3) is 0.263. The Balaban J connectivity index is 2.03. The predicted molar refractivity (Wildman–Crippen MR) is 102 cm³/mol. The molecule has 0 aliphatic carbocycles. The van der Waals surface area contributed by atoms with Gasteiger partial charge in [-0.1, -0.05) is 48.2 Å². The molecule has 5 heteroatoms. The molecule has 1 heterocycles. The largest absolute Gasteiger partial charge is 0.331 e. The number of aliphatic imine (C=N–C) groups is 1. The molecule has 1 fully saturated rings. The van der Waals surface area contributed by atoms with Crippen molar-refractivity contribution in [2.75, 3.05) is 10.8 Å². The molecule has 1 saturated heterocycles. The van der Waals surface area contributed by atoms with Gasteiger partial charge in [-0.3, -0.25) is 0 Å². The Hall–Kier alpha value is -2.27. The van der Waals surface area contributed by atoms with Crippen molar-refractivity contribution in [1.82, 2.24) is 4.90 Å². The maximum atomic E-state index is 13.1. The first-order chi connectivity index (χ1) is 11.5. The molecule has 3 rings (SSSR count). The van der Waals surface area contributed by atoms with Crippen LogP contribution in [-0.4, -0.2) is 27.5 Å². The van der Waals surface area contributed by atoms with Crippen molar-refractivity contribution in [1.29, 1.82) is 0 Å². The molecule has 1 aliphatic heterocycles. The molecule has 1 aliphatic rings. The zero-order valence-electron chi connectivity index (χ0n) is 14.1. The highest BCUT2D eigenvalue weighted by Gasteiger charge is 2.37. The number of rotatable bonds is 2. The van der Waals surface area contributed by atoms with Crippen molar-refractivity contribution in [3.05, 3.63) is 60.7 Å². The highest BCUT2D eigenvalue weighted by Crippen LogP contribution is 2.32. The monoisotopic (exact) mass is 339 g/mol. The second kappa shape index (κ2) is 6.69. The van der Waals surface area contributed by atoms with Gasteiger partial charge in [-0.25, -0.2) is 14.7 Å². The van der Waals surface area contributed by atoms with Crippen molar-refractivity contribution in [3.63, 3.8) is 0 Å². The van der Waals surface area contributed by atoms with Gasteiger partial charge in [0.05, 0.1) is 17.3 Å². The molecule has 0 spiro atoms. The third-order valence-corrected chi connectivity index (χ3v) is 4.66. The van der Waals surface area contributed by atoms with E-state index in [-0.39, 0.29) is 11.6 Å². The molecular formula is C19H21N3OS. The molecule has 2 aromatic carbocycles. The van der Waals surface area contributed by atoms with Crippen LogP contribution in [-0.2, 0) is 0 Å². The highest BCUT2D eigenvalue weighted by atomic mass is 32.2. The minimum Gasteiger partial charge on any atom is -0.309 e. The molecule has 0 bridgehead atoms. The summed E-state index contributed by atoms with van der Waals surface area (Å²) in [5.74, 6) is 0.595. The average molecular weight is 339 g/mol. The number of carbonyl (C=O) groups is 1. The summed E-state index contributed by atoms with van der Waals surface area (Å²) < 4.78 is 0. The van der Waals surface area contributed by atoms with Gasteiger partial charge in [-0.2, -0.15) is 0 Å². The SMILES string of the molecule is CC(C)(C)N1CS/C(=N\c2ccccc2)N(c2ccccc2)C1=O. The number of hydrogen-bond acceptors (Lipinski definition) is 3. The molecule has 2 amide bonds. The Morgan fingerprint density at radius 2 is 1.54 bits per heavy atom. The van der Waals surface area contributed by atoms with Crippen LogP contribution in [0.3, 0.4) is 0 Å². The molecule has 0 radical (unpaired) electrons. The molecule has 0 aromatic heterocycles. The number of anilines is 1. The zero-order valence-corrected chi connectivity index (χ0v) is 15.0. The molecule has 24 heavy (non-hydrogen) atoms. The van der Waals surface area contributed by atoms with E-state index in [2.05, 4.69) is 0 Å². The minimum atomic E-state index is -0.241. The first kappa shape index (κ1) is 16.6. The maximum absolute atomic E-state index is 13.1. The summed E-state index contributed by atoms with van der Waals surface area (Å²) in [5.41, 5.74) is 1.44. The third-order valence-electron chi connectivity index (χ3n) is 3.74. The number of urea groups is 1. The van der Waals surface area contributed by atoms with Crippen LogP contribution in [0.15, 0.2) is 65.7 Å². The zero-order chi connectivity index (χ0) is 17.2. The first-order valence-corrected chi connectivity index (χ1v) is 8.89. The van der Waals surface area contributed by atoms with E-state index >= 15 is 0 Å². The number of thioether (sulfide) groups is 1. The Morgan fingerprint density at radius 1 is 0.958 bits per heavy atom. The van der Waals surface area contributed by atoms with Gasteiger partial charge in [0.2, 0.25) is 0 Å². The second-order valence-corrected chi connectivity index (χ2v) is 7.47. The third kappa shape index (κ3) is 3.46. The van der Waals surface area contributed by atoms with Gasteiger partial charge >= 0.3 is 6.03 Å². The Morgan fingerprint density at radius 3 is 2.12 bits per heavy atom. The number of hydrogen-bond donors (Lipinski definition) is 0. The van der Waals surface area contributed by atoms with E-state index in [9.17, 15) is 4.79 Å². The maximum Gasteiger partial charge on any atom is 0.331 e. The molecule has 0 saturated carbocycles. The second-order valence-electron chi connectivity index (χ2n) is 6.56. The van der Waals surface area contributed by atoms with Crippen molar-refractivity contribution >= 4 is 34.3 Å². The van der Waals surface area contributed by atoms with E-state index in [0.29, 0.717) is 11.0 Å². The fourth-order valence-corrected chi connectivity index (χ4v) is 3.64. The minimum absolute atomic E-state index is 0.0397. The summed E-state index contributed by atoms with van der Waals surface area (Å²) in [5, 5.41) is 0.706. The number of benzene rings is 2. The number of nitrogens with zero attached hydrogens (tertiary/aromatic N) is 3. The van der Waals surface area contributed by atoms with Crippen LogP contribution in [0.25, 0.3) is 0 Å². The van der Waals surface area contributed by atoms with E-state index in [1.165, 1.54) is 0 Å². The van der Waals surface area contributed by atoms with Crippen LogP contribution in [0, 0.1) is 0 Å². The summed E-state index contributed by atoms with van der Waals surface area (Å²) in [4.78, 5) is 21.4. The quantitative estimate of drug-likeness (QED) is 0.762.